The average molecular weight is 517 g/mol. The molecule has 0 aromatic heterocycles. The lowest BCUT2D eigenvalue weighted by atomic mass is 10.0. The summed E-state index contributed by atoms with van der Waals surface area (Å²) in [6, 6.07) is -5.47. The lowest BCUT2D eigenvalue weighted by Gasteiger charge is -2.25. The normalized spacial score (nSPS) is 14.0. The maximum Gasteiger partial charge on any atom is 0.326 e. The van der Waals surface area contributed by atoms with Crippen LogP contribution >= 0.6 is 0 Å². The Morgan fingerprint density at radius 3 is 1.81 bits per heavy atom. The Bertz CT molecular complexity index is 844. The lowest BCUT2D eigenvalue weighted by molar-refractivity contribution is -0.143. The third-order valence-electron chi connectivity index (χ3n) is 4.90. The lowest BCUT2D eigenvalue weighted by Crippen LogP contribution is -2.58. The summed E-state index contributed by atoms with van der Waals surface area (Å²) >= 11 is 0. The van der Waals surface area contributed by atoms with Gasteiger partial charge in [-0.05, 0) is 25.2 Å². The van der Waals surface area contributed by atoms with E-state index in [1.807, 2.05) is 0 Å². The molecule has 0 fully saturated rings. The molecule has 4 unspecified atom stereocenters. The van der Waals surface area contributed by atoms with Crippen molar-refractivity contribution in [2.45, 2.75) is 70.1 Å². The fourth-order valence-electron chi connectivity index (χ4n) is 2.82. The van der Waals surface area contributed by atoms with Crippen LogP contribution in [0, 0.1) is 5.92 Å². The molecule has 0 radical (unpaired) electrons. The zero-order valence-electron chi connectivity index (χ0n) is 20.2. The Balaban J connectivity index is 5.57. The molecule has 0 spiro atoms. The molecule has 0 aliphatic heterocycles. The first-order valence-electron chi connectivity index (χ1n) is 11.1. The predicted octanol–water partition coefficient (Wildman–Crippen LogP) is -3.70. The first-order chi connectivity index (χ1) is 16.6. The second kappa shape index (κ2) is 15.9. The molecule has 0 saturated heterocycles. The number of hydrogen-bond acceptors (Lipinski definition) is 8. The van der Waals surface area contributed by atoms with Gasteiger partial charge in [0, 0.05) is 13.0 Å². The second-order valence-electron chi connectivity index (χ2n) is 8.34. The number of carbonyl (C=O) groups excluding carboxylic acids is 4. The molecule has 0 heterocycles. The molecule has 16 nitrogen and oxygen atoms in total. The van der Waals surface area contributed by atoms with Gasteiger partial charge in [0.15, 0.2) is 5.96 Å². The Labute approximate surface area is 207 Å². The SMILES string of the molecule is CC(C)C(N)C(=O)NC(CC(=O)O)C(=O)NC(CCC(N)=O)C(=O)NC(CCCN=C(N)N)C(=O)O. The summed E-state index contributed by atoms with van der Waals surface area (Å²) in [7, 11) is 0. The number of aliphatic imine (C=N–C) groups is 1. The van der Waals surface area contributed by atoms with Crippen LogP contribution in [0.4, 0.5) is 0 Å². The highest BCUT2D eigenvalue weighted by atomic mass is 16.4. The fourth-order valence-corrected chi connectivity index (χ4v) is 2.82. The molecule has 0 aliphatic carbocycles. The number of amides is 4. The molecular formula is C20H36N8O8. The third kappa shape index (κ3) is 13.1. The Kier molecular flexibility index (Phi) is 14.1. The summed E-state index contributed by atoms with van der Waals surface area (Å²) in [5, 5.41) is 25.3. The van der Waals surface area contributed by atoms with Gasteiger partial charge in [-0.15, -0.1) is 0 Å². The van der Waals surface area contributed by atoms with Gasteiger partial charge < -0.3 is 49.1 Å². The van der Waals surface area contributed by atoms with Crippen LogP contribution in [0.15, 0.2) is 4.99 Å². The molecule has 0 aromatic rings. The molecule has 0 saturated carbocycles. The van der Waals surface area contributed by atoms with Crippen molar-refractivity contribution in [2.75, 3.05) is 6.54 Å². The number of nitrogens with one attached hydrogen (secondary N) is 3. The van der Waals surface area contributed by atoms with Crippen molar-refractivity contribution in [3.05, 3.63) is 0 Å². The maximum absolute atomic E-state index is 12.8. The van der Waals surface area contributed by atoms with Crippen molar-refractivity contribution in [1.29, 1.82) is 0 Å². The van der Waals surface area contributed by atoms with Crippen LogP contribution in [-0.2, 0) is 28.8 Å². The molecule has 36 heavy (non-hydrogen) atoms. The van der Waals surface area contributed by atoms with Crippen LogP contribution in [0.25, 0.3) is 0 Å². The zero-order chi connectivity index (χ0) is 28.0. The summed E-state index contributed by atoms with van der Waals surface area (Å²) in [6.45, 7) is 3.41. The van der Waals surface area contributed by atoms with Crippen molar-refractivity contribution in [1.82, 2.24) is 16.0 Å². The van der Waals surface area contributed by atoms with Crippen LogP contribution < -0.4 is 38.9 Å². The van der Waals surface area contributed by atoms with Crippen molar-refractivity contribution in [3.8, 4) is 0 Å². The van der Waals surface area contributed by atoms with Crippen molar-refractivity contribution in [2.24, 2.45) is 33.8 Å². The van der Waals surface area contributed by atoms with E-state index in [-0.39, 0.29) is 44.1 Å². The first-order valence-corrected chi connectivity index (χ1v) is 11.1. The van der Waals surface area contributed by atoms with Crippen LogP contribution in [0.2, 0.25) is 0 Å². The van der Waals surface area contributed by atoms with E-state index < -0.39 is 66.2 Å². The number of guanidine groups is 1. The molecular weight excluding hydrogens is 480 g/mol. The number of hydrogen-bond donors (Lipinski definition) is 9. The summed E-state index contributed by atoms with van der Waals surface area (Å²) in [4.78, 5) is 75.6. The average Bonchev–Trinajstić information content (AvgIpc) is 2.76. The number of nitrogens with two attached hydrogens (primary N) is 4. The van der Waals surface area contributed by atoms with Gasteiger partial charge in [0.1, 0.15) is 18.1 Å². The summed E-state index contributed by atoms with van der Waals surface area (Å²) in [5.41, 5.74) is 21.3. The summed E-state index contributed by atoms with van der Waals surface area (Å²) in [6.07, 6.45) is -1.34. The topological polar surface area (TPSA) is 295 Å². The van der Waals surface area contributed by atoms with E-state index in [2.05, 4.69) is 20.9 Å². The quantitative estimate of drug-likeness (QED) is 0.0514. The van der Waals surface area contributed by atoms with Gasteiger partial charge in [0.2, 0.25) is 23.6 Å². The second-order valence-corrected chi connectivity index (χ2v) is 8.34. The van der Waals surface area contributed by atoms with Gasteiger partial charge in [-0.3, -0.25) is 29.0 Å². The minimum atomic E-state index is -1.60. The molecule has 204 valence electrons. The van der Waals surface area contributed by atoms with E-state index in [4.69, 9.17) is 28.0 Å². The van der Waals surface area contributed by atoms with Crippen LogP contribution in [0.3, 0.4) is 0 Å². The van der Waals surface area contributed by atoms with Crippen molar-refractivity contribution >= 4 is 41.5 Å². The van der Waals surface area contributed by atoms with Gasteiger partial charge in [-0.1, -0.05) is 13.8 Å². The van der Waals surface area contributed by atoms with Gasteiger partial charge in [0.05, 0.1) is 12.5 Å². The molecule has 0 aromatic carbocycles. The van der Waals surface area contributed by atoms with Crippen LogP contribution in [0.1, 0.15) is 46.0 Å². The Morgan fingerprint density at radius 1 is 0.806 bits per heavy atom. The van der Waals surface area contributed by atoms with Crippen LogP contribution in [0.5, 0.6) is 0 Å². The van der Waals surface area contributed by atoms with Crippen molar-refractivity contribution in [3.63, 3.8) is 0 Å². The van der Waals surface area contributed by atoms with E-state index in [1.54, 1.807) is 13.8 Å². The number of carbonyl (C=O) groups is 6. The fraction of sp³-hybridized carbons (Fsp3) is 0.650. The maximum atomic E-state index is 12.8. The molecule has 16 heteroatoms. The number of primary amides is 1. The molecule has 4 atom stereocenters. The molecule has 13 N–H and O–H groups in total. The molecule has 0 bridgehead atoms. The van der Waals surface area contributed by atoms with Crippen LogP contribution in [-0.4, -0.2) is 82.5 Å². The standard InChI is InChI=1S/C20H36N8O8/c1-9(2)15(22)18(34)28-12(8-14(30)31)17(33)26-10(5-6-13(21)29)16(32)27-11(19(35)36)4-3-7-25-20(23)24/h9-12,15H,3-8,22H2,1-2H3,(H2,21,29)(H,26,33)(H,27,32)(H,28,34)(H,30,31)(H,35,36)(H4,23,24,25). The monoisotopic (exact) mass is 516 g/mol. The number of carboxylic acid groups (broad SMARTS) is 2. The predicted molar refractivity (Wildman–Crippen MR) is 127 cm³/mol. The first kappa shape index (κ1) is 32.0. The van der Waals surface area contributed by atoms with E-state index >= 15 is 0 Å². The van der Waals surface area contributed by atoms with Gasteiger partial charge in [0.25, 0.3) is 0 Å². The minimum Gasteiger partial charge on any atom is -0.481 e. The zero-order valence-corrected chi connectivity index (χ0v) is 20.2. The summed E-state index contributed by atoms with van der Waals surface area (Å²) in [5.74, 6) is -6.87. The number of aliphatic carboxylic acids is 2. The smallest absolute Gasteiger partial charge is 0.326 e. The summed E-state index contributed by atoms with van der Waals surface area (Å²) < 4.78 is 0. The third-order valence-corrected chi connectivity index (χ3v) is 4.90. The van der Waals surface area contributed by atoms with Gasteiger partial charge in [-0.2, -0.15) is 0 Å². The van der Waals surface area contributed by atoms with Crippen molar-refractivity contribution < 1.29 is 39.0 Å². The van der Waals surface area contributed by atoms with Gasteiger partial charge in [-0.25, -0.2) is 4.79 Å². The molecule has 4 amide bonds. The highest BCUT2D eigenvalue weighted by Crippen LogP contribution is 2.05. The highest BCUT2D eigenvalue weighted by Gasteiger charge is 2.32. The largest absolute Gasteiger partial charge is 0.481 e. The molecule has 0 aliphatic rings. The highest BCUT2D eigenvalue weighted by molar-refractivity contribution is 5.95. The van der Waals surface area contributed by atoms with E-state index in [1.165, 1.54) is 0 Å². The van der Waals surface area contributed by atoms with E-state index in [0.29, 0.717) is 0 Å². The van der Waals surface area contributed by atoms with E-state index in [0.717, 1.165) is 0 Å². The number of carboxylic acids is 2. The molecule has 0 rings (SSSR count). The van der Waals surface area contributed by atoms with Gasteiger partial charge >= 0.3 is 11.9 Å². The minimum absolute atomic E-state index is 0.0564. The number of rotatable bonds is 17. The Morgan fingerprint density at radius 2 is 1.33 bits per heavy atom. The van der Waals surface area contributed by atoms with E-state index in [9.17, 15) is 33.9 Å². The Hall–Kier alpha value is -3.95. The number of nitrogens with zero attached hydrogens (tertiary/aromatic N) is 1.